The highest BCUT2D eigenvalue weighted by atomic mass is 127. The van der Waals surface area contributed by atoms with E-state index in [0.29, 0.717) is 12.5 Å². The number of hydrogen-bond acceptors (Lipinski definition) is 5. The predicted molar refractivity (Wildman–Crippen MR) is 87.2 cm³/mol. The van der Waals surface area contributed by atoms with Crippen LogP contribution in [0.25, 0.3) is 0 Å². The molecule has 0 aromatic carbocycles. The average molecular weight is 376 g/mol. The number of halogens is 1. The first-order valence-electron chi connectivity index (χ1n) is 6.48. The van der Waals surface area contributed by atoms with Crippen LogP contribution in [-0.2, 0) is 6.54 Å². The lowest BCUT2D eigenvalue weighted by Gasteiger charge is -2.15. The van der Waals surface area contributed by atoms with Crippen molar-refractivity contribution in [2.45, 2.75) is 26.3 Å². The Morgan fingerprint density at radius 1 is 1.42 bits per heavy atom. The van der Waals surface area contributed by atoms with E-state index >= 15 is 0 Å². The van der Waals surface area contributed by atoms with Gasteiger partial charge in [-0.15, -0.1) is 24.0 Å². The monoisotopic (exact) mass is 376 g/mol. The number of nitrogens with one attached hydrogen (secondary N) is 2. The van der Waals surface area contributed by atoms with Crippen LogP contribution < -0.4 is 15.4 Å². The second kappa shape index (κ2) is 8.95. The summed E-state index contributed by atoms with van der Waals surface area (Å²) in [5.41, 5.74) is 1.12. The SMILES string of the molecule is CCCOc1ccc(CNC2=NCCCN2)cn1.I. The van der Waals surface area contributed by atoms with Gasteiger partial charge in [-0.2, -0.15) is 0 Å². The van der Waals surface area contributed by atoms with Crippen molar-refractivity contribution in [2.24, 2.45) is 4.99 Å². The summed E-state index contributed by atoms with van der Waals surface area (Å²) in [6, 6.07) is 3.93. The van der Waals surface area contributed by atoms with Crippen molar-refractivity contribution >= 4 is 29.9 Å². The summed E-state index contributed by atoms with van der Waals surface area (Å²) in [5.74, 6) is 1.57. The number of hydrogen-bond donors (Lipinski definition) is 2. The maximum atomic E-state index is 5.44. The molecule has 0 atom stereocenters. The molecule has 2 N–H and O–H groups in total. The van der Waals surface area contributed by atoms with E-state index in [9.17, 15) is 0 Å². The number of rotatable bonds is 5. The van der Waals surface area contributed by atoms with E-state index in [-0.39, 0.29) is 24.0 Å². The minimum absolute atomic E-state index is 0. The van der Waals surface area contributed by atoms with E-state index in [0.717, 1.165) is 44.0 Å². The molecular weight excluding hydrogens is 355 g/mol. The fraction of sp³-hybridized carbons (Fsp3) is 0.538. The van der Waals surface area contributed by atoms with Gasteiger partial charge in [0.25, 0.3) is 0 Å². The standard InChI is InChI=1S/C13H20N4O.HI/c1-2-8-18-12-5-4-11(9-16-12)10-17-13-14-6-3-7-15-13;/h4-5,9H,2-3,6-8,10H2,1H3,(H2,14,15,17);1H. The van der Waals surface area contributed by atoms with Gasteiger partial charge in [0.05, 0.1) is 6.61 Å². The molecule has 19 heavy (non-hydrogen) atoms. The van der Waals surface area contributed by atoms with Crippen LogP contribution in [0.15, 0.2) is 23.3 Å². The Bertz CT molecular complexity index is 394. The molecule has 0 fully saturated rings. The number of guanidine groups is 1. The Hall–Kier alpha value is -1.05. The average Bonchev–Trinajstić information content (AvgIpc) is 2.45. The van der Waals surface area contributed by atoms with Crippen LogP contribution >= 0.6 is 24.0 Å². The lowest BCUT2D eigenvalue weighted by atomic mass is 10.3. The maximum Gasteiger partial charge on any atom is 0.213 e. The van der Waals surface area contributed by atoms with Gasteiger partial charge in [-0.1, -0.05) is 13.0 Å². The summed E-state index contributed by atoms with van der Waals surface area (Å²) in [6.45, 7) is 5.42. The van der Waals surface area contributed by atoms with E-state index in [1.54, 1.807) is 0 Å². The van der Waals surface area contributed by atoms with Crippen LogP contribution in [0.1, 0.15) is 25.3 Å². The minimum atomic E-state index is 0. The molecule has 0 saturated heterocycles. The van der Waals surface area contributed by atoms with E-state index in [4.69, 9.17) is 4.74 Å². The summed E-state index contributed by atoms with van der Waals surface area (Å²) in [6.07, 6.45) is 3.94. The quantitative estimate of drug-likeness (QED) is 0.772. The Morgan fingerprint density at radius 2 is 2.32 bits per heavy atom. The number of nitrogens with zero attached hydrogens (tertiary/aromatic N) is 2. The molecule has 5 nitrogen and oxygen atoms in total. The van der Waals surface area contributed by atoms with Crippen molar-refractivity contribution in [3.8, 4) is 5.88 Å². The van der Waals surface area contributed by atoms with E-state index < -0.39 is 0 Å². The van der Waals surface area contributed by atoms with Gasteiger partial charge in [-0.3, -0.25) is 4.99 Å². The lowest BCUT2D eigenvalue weighted by molar-refractivity contribution is 0.305. The third-order valence-electron chi connectivity index (χ3n) is 2.61. The summed E-state index contributed by atoms with van der Waals surface area (Å²) in [5, 5.41) is 6.48. The normalized spacial score (nSPS) is 13.8. The lowest BCUT2D eigenvalue weighted by Crippen LogP contribution is -2.40. The fourth-order valence-corrected chi connectivity index (χ4v) is 1.64. The zero-order chi connectivity index (χ0) is 12.6. The molecule has 1 aromatic rings. The number of aliphatic imine (C=N–C) groups is 1. The summed E-state index contributed by atoms with van der Waals surface area (Å²) in [7, 11) is 0. The van der Waals surface area contributed by atoms with E-state index in [2.05, 4.69) is 27.5 Å². The molecule has 2 rings (SSSR count). The molecule has 2 heterocycles. The number of pyridine rings is 1. The van der Waals surface area contributed by atoms with Crippen molar-refractivity contribution in [3.05, 3.63) is 23.9 Å². The second-order valence-corrected chi connectivity index (χ2v) is 4.22. The molecule has 0 bridgehead atoms. The summed E-state index contributed by atoms with van der Waals surface area (Å²) >= 11 is 0. The molecule has 0 spiro atoms. The zero-order valence-electron chi connectivity index (χ0n) is 11.2. The van der Waals surface area contributed by atoms with Crippen LogP contribution in [0, 0.1) is 0 Å². The first-order chi connectivity index (χ1) is 8.88. The fourth-order valence-electron chi connectivity index (χ4n) is 1.64. The molecule has 106 valence electrons. The predicted octanol–water partition coefficient (Wildman–Crippen LogP) is 1.93. The van der Waals surface area contributed by atoms with E-state index in [1.807, 2.05) is 18.3 Å². The van der Waals surface area contributed by atoms with Crippen LogP contribution in [0.4, 0.5) is 0 Å². The largest absolute Gasteiger partial charge is 0.478 e. The highest BCUT2D eigenvalue weighted by Crippen LogP contribution is 2.07. The van der Waals surface area contributed by atoms with Gasteiger partial charge in [0, 0.05) is 31.9 Å². The Balaban J connectivity index is 0.00000180. The van der Waals surface area contributed by atoms with Crippen molar-refractivity contribution in [3.63, 3.8) is 0 Å². The molecule has 1 aliphatic rings. The second-order valence-electron chi connectivity index (χ2n) is 4.22. The topological polar surface area (TPSA) is 58.5 Å². The van der Waals surface area contributed by atoms with Gasteiger partial charge < -0.3 is 15.4 Å². The maximum absolute atomic E-state index is 5.44. The van der Waals surface area contributed by atoms with Crippen molar-refractivity contribution in [1.82, 2.24) is 15.6 Å². The van der Waals surface area contributed by atoms with Crippen molar-refractivity contribution in [1.29, 1.82) is 0 Å². The molecule has 0 unspecified atom stereocenters. The molecule has 1 aliphatic heterocycles. The van der Waals surface area contributed by atoms with Gasteiger partial charge >= 0.3 is 0 Å². The third kappa shape index (κ3) is 5.63. The Morgan fingerprint density at radius 3 is 2.95 bits per heavy atom. The van der Waals surface area contributed by atoms with Gasteiger partial charge in [0.15, 0.2) is 5.96 Å². The zero-order valence-corrected chi connectivity index (χ0v) is 13.5. The molecular formula is C13H21IN4O. The van der Waals surface area contributed by atoms with Gasteiger partial charge in [-0.05, 0) is 18.4 Å². The number of aromatic nitrogens is 1. The van der Waals surface area contributed by atoms with Gasteiger partial charge in [0.1, 0.15) is 0 Å². The van der Waals surface area contributed by atoms with Crippen LogP contribution in [0.5, 0.6) is 5.88 Å². The molecule has 0 saturated carbocycles. The minimum Gasteiger partial charge on any atom is -0.478 e. The van der Waals surface area contributed by atoms with Gasteiger partial charge in [-0.25, -0.2) is 4.98 Å². The molecule has 0 aliphatic carbocycles. The van der Waals surface area contributed by atoms with Crippen LogP contribution in [0.3, 0.4) is 0 Å². The van der Waals surface area contributed by atoms with Crippen LogP contribution in [-0.4, -0.2) is 30.6 Å². The van der Waals surface area contributed by atoms with Crippen molar-refractivity contribution < 1.29 is 4.74 Å². The first kappa shape index (κ1) is 16.0. The molecule has 0 radical (unpaired) electrons. The summed E-state index contributed by atoms with van der Waals surface area (Å²) in [4.78, 5) is 8.61. The third-order valence-corrected chi connectivity index (χ3v) is 2.61. The van der Waals surface area contributed by atoms with Crippen LogP contribution in [0.2, 0.25) is 0 Å². The summed E-state index contributed by atoms with van der Waals surface area (Å²) < 4.78 is 5.44. The Kier molecular flexibility index (Phi) is 7.54. The molecule has 6 heteroatoms. The molecule has 0 amide bonds. The van der Waals surface area contributed by atoms with E-state index in [1.165, 1.54) is 0 Å². The first-order valence-corrected chi connectivity index (χ1v) is 6.48. The highest BCUT2D eigenvalue weighted by Gasteiger charge is 2.03. The van der Waals surface area contributed by atoms with Crippen molar-refractivity contribution in [2.75, 3.05) is 19.7 Å². The molecule has 1 aromatic heterocycles. The van der Waals surface area contributed by atoms with Gasteiger partial charge in [0.2, 0.25) is 5.88 Å². The smallest absolute Gasteiger partial charge is 0.213 e. The Labute approximate surface area is 131 Å². The number of ether oxygens (including phenoxy) is 1. The highest BCUT2D eigenvalue weighted by molar-refractivity contribution is 14.0.